The van der Waals surface area contributed by atoms with Crippen molar-refractivity contribution in [3.05, 3.63) is 35.4 Å². The molecule has 0 aliphatic heterocycles. The molecule has 1 amide bonds. The number of carbonyl (C=O) groups excluding carboxylic acids is 1. The van der Waals surface area contributed by atoms with Crippen molar-refractivity contribution >= 4 is 17.5 Å². The van der Waals surface area contributed by atoms with Crippen molar-refractivity contribution in [2.24, 2.45) is 5.41 Å². The average Bonchev–Trinajstić information content (AvgIpc) is 2.34. The number of nitrogens with one attached hydrogen (secondary N) is 1. The first kappa shape index (κ1) is 16.0. The summed E-state index contributed by atoms with van der Waals surface area (Å²) < 4.78 is 0. The Morgan fingerprint density at radius 1 is 1.37 bits per heavy atom. The molecule has 1 N–H and O–H groups in total. The van der Waals surface area contributed by atoms with E-state index in [0.29, 0.717) is 18.0 Å². The predicted molar refractivity (Wildman–Crippen MR) is 80.7 cm³/mol. The molecule has 0 saturated heterocycles. The van der Waals surface area contributed by atoms with Gasteiger partial charge in [-0.3, -0.25) is 4.79 Å². The standard InChI is InChI=1S/C15H23ClN2O/c1-15(2,11-18(3)4)10-17-14(19)13-7-5-6-12(8-13)9-16/h5-8H,9-11H2,1-4H3,(H,17,19). The highest BCUT2D eigenvalue weighted by molar-refractivity contribution is 6.17. The molecule has 1 aromatic rings. The minimum Gasteiger partial charge on any atom is -0.351 e. The second kappa shape index (κ2) is 6.92. The summed E-state index contributed by atoms with van der Waals surface area (Å²) >= 11 is 5.77. The van der Waals surface area contributed by atoms with Crippen LogP contribution in [-0.4, -0.2) is 38.0 Å². The molecule has 0 aliphatic rings. The topological polar surface area (TPSA) is 32.3 Å². The largest absolute Gasteiger partial charge is 0.351 e. The molecule has 1 aromatic carbocycles. The lowest BCUT2D eigenvalue weighted by atomic mass is 9.93. The normalized spacial score (nSPS) is 11.7. The van der Waals surface area contributed by atoms with E-state index >= 15 is 0 Å². The van der Waals surface area contributed by atoms with Gasteiger partial charge in [0.1, 0.15) is 0 Å². The highest BCUT2D eigenvalue weighted by Crippen LogP contribution is 2.15. The molecule has 0 radical (unpaired) electrons. The van der Waals surface area contributed by atoms with E-state index < -0.39 is 0 Å². The minimum atomic E-state index is -0.0428. The Bertz CT molecular complexity index is 430. The van der Waals surface area contributed by atoms with Crippen molar-refractivity contribution < 1.29 is 4.79 Å². The highest BCUT2D eigenvalue weighted by Gasteiger charge is 2.20. The molecule has 0 bridgehead atoms. The molecule has 106 valence electrons. The first-order valence-corrected chi connectivity index (χ1v) is 6.95. The maximum Gasteiger partial charge on any atom is 0.251 e. The van der Waals surface area contributed by atoms with Crippen LogP contribution in [-0.2, 0) is 5.88 Å². The summed E-state index contributed by atoms with van der Waals surface area (Å²) in [5.74, 6) is 0.381. The van der Waals surface area contributed by atoms with Gasteiger partial charge in [-0.1, -0.05) is 26.0 Å². The number of hydrogen-bond acceptors (Lipinski definition) is 2. The number of amides is 1. The fraction of sp³-hybridized carbons (Fsp3) is 0.533. The predicted octanol–water partition coefficient (Wildman–Crippen LogP) is 2.74. The molecule has 19 heavy (non-hydrogen) atoms. The monoisotopic (exact) mass is 282 g/mol. The van der Waals surface area contributed by atoms with Crippen LogP contribution in [0.25, 0.3) is 0 Å². The summed E-state index contributed by atoms with van der Waals surface area (Å²) in [6, 6.07) is 7.42. The number of alkyl halides is 1. The van der Waals surface area contributed by atoms with Gasteiger partial charge >= 0.3 is 0 Å². The zero-order valence-electron chi connectivity index (χ0n) is 12.2. The zero-order valence-corrected chi connectivity index (χ0v) is 12.9. The smallest absolute Gasteiger partial charge is 0.251 e. The molecule has 0 atom stereocenters. The van der Waals surface area contributed by atoms with Crippen LogP contribution in [0.15, 0.2) is 24.3 Å². The summed E-state index contributed by atoms with van der Waals surface area (Å²) in [4.78, 5) is 14.2. The molecular formula is C15H23ClN2O. The zero-order chi connectivity index (χ0) is 14.5. The van der Waals surface area contributed by atoms with E-state index in [0.717, 1.165) is 12.1 Å². The first-order valence-electron chi connectivity index (χ1n) is 6.42. The van der Waals surface area contributed by atoms with Crippen LogP contribution in [0, 0.1) is 5.41 Å². The molecule has 4 heteroatoms. The Morgan fingerprint density at radius 2 is 2.05 bits per heavy atom. The van der Waals surface area contributed by atoms with Crippen LogP contribution < -0.4 is 5.32 Å². The van der Waals surface area contributed by atoms with Gasteiger partial charge in [0.25, 0.3) is 5.91 Å². The number of halogens is 1. The lowest BCUT2D eigenvalue weighted by Gasteiger charge is -2.28. The van der Waals surface area contributed by atoms with E-state index in [1.807, 2.05) is 38.4 Å². The lowest BCUT2D eigenvalue weighted by Crippen LogP contribution is -2.39. The molecule has 0 aliphatic carbocycles. The molecule has 1 rings (SSSR count). The Morgan fingerprint density at radius 3 is 2.63 bits per heavy atom. The van der Waals surface area contributed by atoms with Gasteiger partial charge < -0.3 is 10.2 Å². The van der Waals surface area contributed by atoms with Gasteiger partial charge in [0.15, 0.2) is 0 Å². The Balaban J connectivity index is 2.60. The van der Waals surface area contributed by atoms with E-state index in [1.165, 1.54) is 0 Å². The van der Waals surface area contributed by atoms with Crippen molar-refractivity contribution in [1.29, 1.82) is 0 Å². The van der Waals surface area contributed by atoms with Crippen LogP contribution in [0.2, 0.25) is 0 Å². The Kier molecular flexibility index (Phi) is 5.83. The quantitative estimate of drug-likeness (QED) is 0.814. The molecule has 3 nitrogen and oxygen atoms in total. The maximum atomic E-state index is 12.1. The highest BCUT2D eigenvalue weighted by atomic mass is 35.5. The number of hydrogen-bond donors (Lipinski definition) is 1. The summed E-state index contributed by atoms with van der Waals surface area (Å²) in [5, 5.41) is 2.99. The van der Waals surface area contributed by atoms with Gasteiger partial charge in [0.2, 0.25) is 0 Å². The van der Waals surface area contributed by atoms with E-state index in [-0.39, 0.29) is 11.3 Å². The first-order chi connectivity index (χ1) is 8.84. The second-order valence-corrected chi connectivity index (χ2v) is 6.19. The van der Waals surface area contributed by atoms with Gasteiger partial charge in [-0.05, 0) is 37.2 Å². The lowest BCUT2D eigenvalue weighted by molar-refractivity contribution is 0.0929. The Hall–Kier alpha value is -1.06. The van der Waals surface area contributed by atoms with Crippen LogP contribution in [0.5, 0.6) is 0 Å². The molecule has 0 saturated carbocycles. The van der Waals surface area contributed by atoms with Crippen molar-refractivity contribution in [3.8, 4) is 0 Å². The van der Waals surface area contributed by atoms with Crippen molar-refractivity contribution in [3.63, 3.8) is 0 Å². The number of benzene rings is 1. The summed E-state index contributed by atoms with van der Waals surface area (Å²) in [6.07, 6.45) is 0. The fourth-order valence-corrected chi connectivity index (χ4v) is 2.30. The van der Waals surface area contributed by atoms with Crippen LogP contribution in [0.4, 0.5) is 0 Å². The van der Waals surface area contributed by atoms with Crippen molar-refractivity contribution in [1.82, 2.24) is 10.2 Å². The van der Waals surface area contributed by atoms with Gasteiger partial charge in [-0.25, -0.2) is 0 Å². The third-order valence-corrected chi connectivity index (χ3v) is 3.12. The van der Waals surface area contributed by atoms with E-state index in [9.17, 15) is 4.79 Å². The maximum absolute atomic E-state index is 12.1. The van der Waals surface area contributed by atoms with Crippen molar-refractivity contribution in [2.75, 3.05) is 27.2 Å². The van der Waals surface area contributed by atoms with Crippen LogP contribution in [0.1, 0.15) is 29.8 Å². The SMILES string of the molecule is CN(C)CC(C)(C)CNC(=O)c1cccc(CCl)c1. The van der Waals surface area contributed by atoms with Crippen LogP contribution >= 0.6 is 11.6 Å². The third-order valence-electron chi connectivity index (χ3n) is 2.82. The molecule has 0 spiro atoms. The van der Waals surface area contributed by atoms with E-state index in [1.54, 1.807) is 0 Å². The second-order valence-electron chi connectivity index (χ2n) is 5.92. The molecule has 0 aromatic heterocycles. The molecular weight excluding hydrogens is 260 g/mol. The minimum absolute atomic E-state index is 0.0428. The van der Waals surface area contributed by atoms with E-state index in [2.05, 4.69) is 24.1 Å². The van der Waals surface area contributed by atoms with E-state index in [4.69, 9.17) is 11.6 Å². The average molecular weight is 283 g/mol. The molecule has 0 fully saturated rings. The molecule has 0 heterocycles. The molecule has 0 unspecified atom stereocenters. The van der Waals surface area contributed by atoms with Crippen molar-refractivity contribution in [2.45, 2.75) is 19.7 Å². The van der Waals surface area contributed by atoms with Gasteiger partial charge in [-0.2, -0.15) is 0 Å². The van der Waals surface area contributed by atoms with Gasteiger partial charge in [0.05, 0.1) is 0 Å². The number of rotatable bonds is 6. The Labute approximate surface area is 120 Å². The van der Waals surface area contributed by atoms with Gasteiger partial charge in [-0.15, -0.1) is 11.6 Å². The number of carbonyl (C=O) groups is 1. The van der Waals surface area contributed by atoms with Crippen LogP contribution in [0.3, 0.4) is 0 Å². The summed E-state index contributed by atoms with van der Waals surface area (Å²) in [5.41, 5.74) is 1.67. The summed E-state index contributed by atoms with van der Waals surface area (Å²) in [7, 11) is 4.07. The number of nitrogens with zero attached hydrogens (tertiary/aromatic N) is 1. The summed E-state index contributed by atoms with van der Waals surface area (Å²) in [6.45, 7) is 5.86. The van der Waals surface area contributed by atoms with Gasteiger partial charge in [0, 0.05) is 24.5 Å². The fourth-order valence-electron chi connectivity index (χ4n) is 2.13. The third kappa shape index (κ3) is 5.62.